The van der Waals surface area contributed by atoms with Gasteiger partial charge in [0.1, 0.15) is 5.75 Å². The van der Waals surface area contributed by atoms with Crippen molar-refractivity contribution in [1.29, 1.82) is 0 Å². The number of amides is 1. The second kappa shape index (κ2) is 13.3. The van der Waals surface area contributed by atoms with E-state index in [0.29, 0.717) is 17.7 Å². The maximum Gasteiger partial charge on any atom is 0.343 e. The van der Waals surface area contributed by atoms with E-state index in [1.54, 1.807) is 24.3 Å². The Morgan fingerprint density at radius 2 is 1.61 bits per heavy atom. The topological polar surface area (TPSA) is 102 Å². The summed E-state index contributed by atoms with van der Waals surface area (Å²) >= 11 is 0. The minimum Gasteiger partial charge on any atom is -0.508 e. The van der Waals surface area contributed by atoms with Crippen LogP contribution in [0.3, 0.4) is 0 Å². The van der Waals surface area contributed by atoms with Gasteiger partial charge in [-0.25, -0.2) is 4.79 Å². The van der Waals surface area contributed by atoms with Crippen molar-refractivity contribution in [2.45, 2.75) is 71.1 Å². The van der Waals surface area contributed by atoms with Crippen LogP contribution in [0.4, 0.5) is 11.4 Å². The number of hydrogen-bond donors (Lipinski definition) is 3. The molecule has 2 rings (SSSR count). The largest absolute Gasteiger partial charge is 0.508 e. The van der Waals surface area contributed by atoms with Crippen LogP contribution < -0.4 is 15.8 Å². The fourth-order valence-corrected chi connectivity index (χ4v) is 3.33. The molecule has 2 aromatic rings. The van der Waals surface area contributed by atoms with Gasteiger partial charge in [0.15, 0.2) is 5.75 Å². The fraction of sp³-hybridized carbons (Fsp3) is 0.440. The van der Waals surface area contributed by atoms with Gasteiger partial charge in [-0.05, 0) is 36.8 Å². The number of nitrogens with two attached hydrogens (primary N) is 1. The van der Waals surface area contributed by atoms with Crippen LogP contribution in [0.15, 0.2) is 42.5 Å². The molecule has 0 fully saturated rings. The van der Waals surface area contributed by atoms with E-state index in [-0.39, 0.29) is 23.1 Å². The van der Waals surface area contributed by atoms with Crippen LogP contribution in [0.25, 0.3) is 0 Å². The maximum absolute atomic E-state index is 12.4. The number of carbonyl (C=O) groups excluding carboxylic acids is 2. The number of anilines is 2. The summed E-state index contributed by atoms with van der Waals surface area (Å²) in [5.41, 5.74) is 6.77. The molecule has 0 aliphatic carbocycles. The summed E-state index contributed by atoms with van der Waals surface area (Å²) in [5, 5.41) is 12.2. The van der Waals surface area contributed by atoms with Crippen molar-refractivity contribution in [2.75, 3.05) is 11.1 Å². The number of aromatic hydroxyl groups is 1. The number of nitrogen functional groups attached to an aromatic ring is 1. The average Bonchev–Trinajstić information content (AvgIpc) is 2.74. The summed E-state index contributed by atoms with van der Waals surface area (Å²) in [4.78, 5) is 24.6. The van der Waals surface area contributed by atoms with Gasteiger partial charge in [-0.15, -0.1) is 0 Å². The van der Waals surface area contributed by atoms with Gasteiger partial charge in [0.25, 0.3) is 0 Å². The van der Waals surface area contributed by atoms with E-state index in [9.17, 15) is 14.7 Å². The molecule has 6 heteroatoms. The second-order valence-electron chi connectivity index (χ2n) is 7.82. The molecule has 31 heavy (non-hydrogen) atoms. The van der Waals surface area contributed by atoms with Crippen molar-refractivity contribution in [2.24, 2.45) is 0 Å². The zero-order chi connectivity index (χ0) is 22.5. The van der Waals surface area contributed by atoms with Crippen molar-refractivity contribution >= 4 is 23.3 Å². The van der Waals surface area contributed by atoms with Crippen molar-refractivity contribution in [3.05, 3.63) is 48.0 Å². The van der Waals surface area contributed by atoms with E-state index in [4.69, 9.17) is 10.5 Å². The number of phenols is 1. The molecule has 0 heterocycles. The molecule has 2 aromatic carbocycles. The van der Waals surface area contributed by atoms with Gasteiger partial charge < -0.3 is 20.9 Å². The summed E-state index contributed by atoms with van der Waals surface area (Å²) in [5.74, 6) is -0.486. The van der Waals surface area contributed by atoms with Gasteiger partial charge >= 0.3 is 5.97 Å². The highest BCUT2D eigenvalue weighted by atomic mass is 16.5. The number of rotatable bonds is 13. The summed E-state index contributed by atoms with van der Waals surface area (Å²) in [6.45, 7) is 2.22. The maximum atomic E-state index is 12.4. The smallest absolute Gasteiger partial charge is 0.343 e. The first-order valence-electron chi connectivity index (χ1n) is 11.2. The van der Waals surface area contributed by atoms with Crippen LogP contribution in [0.5, 0.6) is 11.5 Å². The predicted molar refractivity (Wildman–Crippen MR) is 124 cm³/mol. The van der Waals surface area contributed by atoms with Crippen molar-refractivity contribution in [1.82, 2.24) is 0 Å². The molecule has 0 unspecified atom stereocenters. The SMILES string of the molecule is CCCCCCCCCCCC(=O)Nc1cccc(C(=O)Oc2ccc(O)cc2N)c1. The summed E-state index contributed by atoms with van der Waals surface area (Å²) in [7, 11) is 0. The molecule has 4 N–H and O–H groups in total. The van der Waals surface area contributed by atoms with Crippen molar-refractivity contribution in [3.8, 4) is 11.5 Å². The molecule has 0 aliphatic heterocycles. The Hall–Kier alpha value is -3.02. The molecule has 168 valence electrons. The number of carbonyl (C=O) groups is 2. The Bertz CT molecular complexity index is 851. The normalized spacial score (nSPS) is 10.6. The molecule has 0 saturated carbocycles. The quantitative estimate of drug-likeness (QED) is 0.157. The van der Waals surface area contributed by atoms with Gasteiger partial charge in [0.2, 0.25) is 5.91 Å². The molecule has 0 bridgehead atoms. The fourth-order valence-electron chi connectivity index (χ4n) is 3.33. The molecular weight excluding hydrogens is 392 g/mol. The standard InChI is InChI=1S/C25H34N2O4/c1-2-3-4-5-6-7-8-9-10-14-24(29)27-20-13-11-12-19(17-20)25(30)31-23-16-15-21(28)18-22(23)26/h11-13,15-18,28H,2-10,14,26H2,1H3,(H,27,29). The van der Waals surface area contributed by atoms with Crippen LogP contribution in [-0.2, 0) is 4.79 Å². The van der Waals surface area contributed by atoms with Gasteiger partial charge in [-0.2, -0.15) is 0 Å². The number of hydrogen-bond acceptors (Lipinski definition) is 5. The predicted octanol–water partition coefficient (Wildman–Crippen LogP) is 6.05. The highest BCUT2D eigenvalue weighted by Gasteiger charge is 2.12. The first-order chi connectivity index (χ1) is 15.0. The van der Waals surface area contributed by atoms with Gasteiger partial charge in [-0.1, -0.05) is 64.4 Å². The van der Waals surface area contributed by atoms with E-state index < -0.39 is 5.97 Å². The Balaban J connectivity index is 1.73. The lowest BCUT2D eigenvalue weighted by molar-refractivity contribution is -0.116. The Kier molecular flexibility index (Phi) is 10.4. The van der Waals surface area contributed by atoms with Crippen molar-refractivity contribution in [3.63, 3.8) is 0 Å². The van der Waals surface area contributed by atoms with Crippen LogP contribution in [0.1, 0.15) is 81.5 Å². The second-order valence-corrected chi connectivity index (χ2v) is 7.82. The van der Waals surface area contributed by atoms with Gasteiger partial charge in [0, 0.05) is 18.2 Å². The van der Waals surface area contributed by atoms with E-state index in [0.717, 1.165) is 12.8 Å². The molecule has 0 spiro atoms. The van der Waals surface area contributed by atoms with E-state index in [1.165, 1.54) is 63.1 Å². The molecule has 1 amide bonds. The van der Waals surface area contributed by atoms with Crippen LogP contribution >= 0.6 is 0 Å². The third-order valence-corrected chi connectivity index (χ3v) is 5.09. The third-order valence-electron chi connectivity index (χ3n) is 5.09. The monoisotopic (exact) mass is 426 g/mol. The minimum absolute atomic E-state index is 0.00557. The third kappa shape index (κ3) is 9.11. The molecule has 0 saturated heterocycles. The number of nitrogens with one attached hydrogen (secondary N) is 1. The Morgan fingerprint density at radius 1 is 0.935 bits per heavy atom. The lowest BCUT2D eigenvalue weighted by Crippen LogP contribution is -2.13. The van der Waals surface area contributed by atoms with Gasteiger partial charge in [-0.3, -0.25) is 4.79 Å². The average molecular weight is 427 g/mol. The molecule has 0 aliphatic rings. The van der Waals surface area contributed by atoms with Gasteiger partial charge in [0.05, 0.1) is 11.3 Å². The number of benzene rings is 2. The lowest BCUT2D eigenvalue weighted by atomic mass is 10.1. The Morgan fingerprint density at radius 3 is 2.29 bits per heavy atom. The molecular formula is C25H34N2O4. The highest BCUT2D eigenvalue weighted by molar-refractivity contribution is 5.95. The minimum atomic E-state index is -0.590. The summed E-state index contributed by atoms with van der Waals surface area (Å²) in [6.07, 6.45) is 11.3. The number of ether oxygens (including phenoxy) is 1. The zero-order valence-corrected chi connectivity index (χ0v) is 18.4. The summed E-state index contributed by atoms with van der Waals surface area (Å²) in [6, 6.07) is 10.7. The van der Waals surface area contributed by atoms with E-state index >= 15 is 0 Å². The van der Waals surface area contributed by atoms with E-state index in [1.807, 2.05) is 0 Å². The molecule has 6 nitrogen and oxygen atoms in total. The first kappa shape index (κ1) is 24.3. The van der Waals surface area contributed by atoms with Crippen LogP contribution in [0.2, 0.25) is 0 Å². The Labute approximate surface area is 184 Å². The van der Waals surface area contributed by atoms with Crippen molar-refractivity contribution < 1.29 is 19.4 Å². The number of esters is 1. The summed E-state index contributed by atoms with van der Waals surface area (Å²) < 4.78 is 5.29. The first-order valence-corrected chi connectivity index (χ1v) is 11.2. The molecule has 0 atom stereocenters. The zero-order valence-electron chi connectivity index (χ0n) is 18.4. The number of phenolic OH excluding ortho intramolecular Hbond substituents is 1. The van der Waals surface area contributed by atoms with E-state index in [2.05, 4.69) is 12.2 Å². The van der Waals surface area contributed by atoms with Crippen LogP contribution in [0, 0.1) is 0 Å². The number of unbranched alkanes of at least 4 members (excludes halogenated alkanes) is 8. The highest BCUT2D eigenvalue weighted by Crippen LogP contribution is 2.26. The lowest BCUT2D eigenvalue weighted by Gasteiger charge is -2.09. The molecule has 0 aromatic heterocycles. The van der Waals surface area contributed by atoms with Crippen LogP contribution in [-0.4, -0.2) is 17.0 Å². The molecule has 0 radical (unpaired) electrons.